The van der Waals surface area contributed by atoms with E-state index in [0.717, 1.165) is 5.52 Å². The van der Waals surface area contributed by atoms with Crippen LogP contribution >= 0.6 is 24.8 Å². The standard InChI is InChI=1S/C14H19N3O2.2ClH/c1-8-16-10-6-5-9(7-11(10)19-8)17-13(18)12(15)14(2,3)4;;/h5-7,12H,15H2,1-4H3,(H,17,18);2*1H/t12-;;/m1../s1. The van der Waals surface area contributed by atoms with Gasteiger partial charge < -0.3 is 15.5 Å². The van der Waals surface area contributed by atoms with Gasteiger partial charge >= 0.3 is 0 Å². The number of halogens is 2. The molecule has 3 N–H and O–H groups in total. The number of amides is 1. The number of nitrogens with two attached hydrogens (primary N) is 1. The van der Waals surface area contributed by atoms with Crippen LogP contribution in [0.2, 0.25) is 0 Å². The van der Waals surface area contributed by atoms with Gasteiger partial charge in [-0.15, -0.1) is 24.8 Å². The number of fused-ring (bicyclic) bond motifs is 1. The molecule has 0 unspecified atom stereocenters. The Morgan fingerprint density at radius 3 is 2.52 bits per heavy atom. The Morgan fingerprint density at radius 2 is 1.95 bits per heavy atom. The van der Waals surface area contributed by atoms with Crippen molar-refractivity contribution in [2.24, 2.45) is 11.1 Å². The summed E-state index contributed by atoms with van der Waals surface area (Å²) in [5, 5.41) is 2.80. The van der Waals surface area contributed by atoms with Crippen LogP contribution in [-0.2, 0) is 4.79 Å². The van der Waals surface area contributed by atoms with E-state index in [4.69, 9.17) is 10.2 Å². The number of hydrogen-bond acceptors (Lipinski definition) is 4. The Bertz CT molecular complexity index is 620. The predicted octanol–water partition coefficient (Wildman–Crippen LogP) is 3.29. The molecule has 1 aromatic heterocycles. The Hall–Kier alpha value is -1.30. The maximum Gasteiger partial charge on any atom is 0.241 e. The highest BCUT2D eigenvalue weighted by Gasteiger charge is 2.27. The second-order valence-corrected chi connectivity index (χ2v) is 5.75. The van der Waals surface area contributed by atoms with Gasteiger partial charge in [-0.05, 0) is 17.5 Å². The van der Waals surface area contributed by atoms with Crippen LogP contribution in [0.3, 0.4) is 0 Å². The summed E-state index contributed by atoms with van der Waals surface area (Å²) in [4.78, 5) is 16.2. The summed E-state index contributed by atoms with van der Waals surface area (Å²) in [5.74, 6) is 0.396. The Morgan fingerprint density at radius 1 is 1.33 bits per heavy atom. The number of carbonyl (C=O) groups excluding carboxylic acids is 1. The molecule has 7 heteroatoms. The van der Waals surface area contributed by atoms with Gasteiger partial charge in [-0.25, -0.2) is 4.98 Å². The first kappa shape index (κ1) is 19.7. The van der Waals surface area contributed by atoms with E-state index in [-0.39, 0.29) is 36.1 Å². The summed E-state index contributed by atoms with van der Waals surface area (Å²) in [6, 6.07) is 4.78. The molecule has 0 fully saturated rings. The molecule has 0 aliphatic heterocycles. The zero-order valence-corrected chi connectivity index (χ0v) is 14.1. The molecular weight excluding hydrogens is 313 g/mol. The van der Waals surface area contributed by atoms with Crippen molar-refractivity contribution in [1.29, 1.82) is 0 Å². The lowest BCUT2D eigenvalue weighted by molar-refractivity contribution is -0.119. The fraction of sp³-hybridized carbons (Fsp3) is 0.429. The lowest BCUT2D eigenvalue weighted by Gasteiger charge is -2.25. The SMILES string of the molecule is Cc1nc2ccc(NC(=O)[C@@H](N)C(C)(C)C)cc2o1.Cl.Cl. The van der Waals surface area contributed by atoms with Crippen LogP contribution in [-0.4, -0.2) is 16.9 Å². The zero-order chi connectivity index (χ0) is 14.2. The van der Waals surface area contributed by atoms with Gasteiger partial charge in [-0.1, -0.05) is 20.8 Å². The van der Waals surface area contributed by atoms with Crippen LogP contribution < -0.4 is 11.1 Å². The van der Waals surface area contributed by atoms with Crippen LogP contribution in [0.15, 0.2) is 22.6 Å². The van der Waals surface area contributed by atoms with Gasteiger partial charge in [0.2, 0.25) is 5.91 Å². The molecular formula is C14H21Cl2N3O2. The average Bonchev–Trinajstić information content (AvgIpc) is 2.66. The number of nitrogens with zero attached hydrogens (tertiary/aromatic N) is 1. The van der Waals surface area contributed by atoms with E-state index >= 15 is 0 Å². The number of oxazole rings is 1. The number of benzene rings is 1. The Balaban J connectivity index is 0.00000200. The molecule has 0 spiro atoms. The molecule has 21 heavy (non-hydrogen) atoms. The van der Waals surface area contributed by atoms with Gasteiger partial charge in [0, 0.05) is 18.7 Å². The second-order valence-electron chi connectivity index (χ2n) is 5.75. The third-order valence-electron chi connectivity index (χ3n) is 2.98. The number of aryl methyl sites for hydroxylation is 1. The lowest BCUT2D eigenvalue weighted by Crippen LogP contribution is -2.45. The number of hydrogen-bond donors (Lipinski definition) is 2. The lowest BCUT2D eigenvalue weighted by atomic mass is 9.87. The first-order valence-electron chi connectivity index (χ1n) is 6.21. The van der Waals surface area contributed by atoms with Gasteiger partial charge in [-0.3, -0.25) is 4.79 Å². The molecule has 0 aliphatic carbocycles. The van der Waals surface area contributed by atoms with E-state index in [0.29, 0.717) is 17.2 Å². The van der Waals surface area contributed by atoms with Crippen LogP contribution in [0.4, 0.5) is 5.69 Å². The zero-order valence-electron chi connectivity index (χ0n) is 12.5. The van der Waals surface area contributed by atoms with Crippen molar-refractivity contribution in [2.45, 2.75) is 33.7 Å². The molecule has 0 bridgehead atoms. The average molecular weight is 334 g/mol. The first-order valence-corrected chi connectivity index (χ1v) is 6.21. The highest BCUT2D eigenvalue weighted by Crippen LogP contribution is 2.22. The van der Waals surface area contributed by atoms with Gasteiger partial charge in [0.1, 0.15) is 5.52 Å². The first-order chi connectivity index (χ1) is 8.77. The van der Waals surface area contributed by atoms with E-state index in [9.17, 15) is 4.79 Å². The van der Waals surface area contributed by atoms with E-state index in [1.807, 2.05) is 26.8 Å². The monoisotopic (exact) mass is 333 g/mol. The Kier molecular flexibility index (Phi) is 6.67. The smallest absolute Gasteiger partial charge is 0.241 e. The highest BCUT2D eigenvalue weighted by atomic mass is 35.5. The predicted molar refractivity (Wildman–Crippen MR) is 89.3 cm³/mol. The molecule has 1 heterocycles. The van der Waals surface area contributed by atoms with Gasteiger partial charge in [0.25, 0.3) is 0 Å². The van der Waals surface area contributed by atoms with Gasteiger partial charge in [-0.2, -0.15) is 0 Å². The third-order valence-corrected chi connectivity index (χ3v) is 2.98. The molecule has 0 saturated heterocycles. The van der Waals surface area contributed by atoms with Crippen LogP contribution in [0.1, 0.15) is 26.7 Å². The third kappa shape index (κ3) is 4.59. The number of aromatic nitrogens is 1. The molecule has 118 valence electrons. The minimum Gasteiger partial charge on any atom is -0.441 e. The fourth-order valence-corrected chi connectivity index (χ4v) is 1.73. The largest absolute Gasteiger partial charge is 0.441 e. The summed E-state index contributed by atoms with van der Waals surface area (Å²) in [6.07, 6.45) is 0. The van der Waals surface area contributed by atoms with Crippen molar-refractivity contribution in [2.75, 3.05) is 5.32 Å². The van der Waals surface area contributed by atoms with Gasteiger partial charge in [0.15, 0.2) is 11.5 Å². The van der Waals surface area contributed by atoms with Crippen LogP contribution in [0.25, 0.3) is 11.1 Å². The number of carbonyl (C=O) groups is 1. The molecule has 1 aromatic carbocycles. The summed E-state index contributed by atoms with van der Waals surface area (Å²) >= 11 is 0. The fourth-order valence-electron chi connectivity index (χ4n) is 1.73. The van der Waals surface area contributed by atoms with E-state index < -0.39 is 6.04 Å². The molecule has 0 radical (unpaired) electrons. The summed E-state index contributed by atoms with van der Waals surface area (Å²) in [7, 11) is 0. The maximum absolute atomic E-state index is 12.0. The minimum atomic E-state index is -0.570. The van der Waals surface area contributed by atoms with Crippen molar-refractivity contribution in [3.05, 3.63) is 24.1 Å². The molecule has 2 rings (SSSR count). The normalized spacial score (nSPS) is 12.2. The van der Waals surface area contributed by atoms with Crippen molar-refractivity contribution in [3.63, 3.8) is 0 Å². The topological polar surface area (TPSA) is 81.2 Å². The van der Waals surface area contributed by atoms with Crippen molar-refractivity contribution < 1.29 is 9.21 Å². The highest BCUT2D eigenvalue weighted by molar-refractivity contribution is 5.96. The van der Waals surface area contributed by atoms with E-state index in [1.54, 1.807) is 19.1 Å². The van der Waals surface area contributed by atoms with Crippen molar-refractivity contribution >= 4 is 47.5 Å². The molecule has 1 atom stereocenters. The van der Waals surface area contributed by atoms with Gasteiger partial charge in [0.05, 0.1) is 6.04 Å². The van der Waals surface area contributed by atoms with Crippen molar-refractivity contribution in [3.8, 4) is 0 Å². The summed E-state index contributed by atoms with van der Waals surface area (Å²) < 4.78 is 5.42. The maximum atomic E-state index is 12.0. The summed E-state index contributed by atoms with van der Waals surface area (Å²) in [5.41, 5.74) is 7.72. The Labute approximate surface area is 136 Å². The molecule has 5 nitrogen and oxygen atoms in total. The van der Waals surface area contributed by atoms with Crippen LogP contribution in [0.5, 0.6) is 0 Å². The minimum absolute atomic E-state index is 0. The second kappa shape index (κ2) is 7.11. The molecule has 0 saturated carbocycles. The van der Waals surface area contributed by atoms with E-state index in [1.165, 1.54) is 0 Å². The van der Waals surface area contributed by atoms with E-state index in [2.05, 4.69) is 10.3 Å². The van der Waals surface area contributed by atoms with Crippen LogP contribution in [0, 0.1) is 12.3 Å². The molecule has 2 aromatic rings. The molecule has 1 amide bonds. The van der Waals surface area contributed by atoms with Crippen molar-refractivity contribution in [1.82, 2.24) is 4.98 Å². The number of rotatable bonds is 2. The summed E-state index contributed by atoms with van der Waals surface area (Å²) in [6.45, 7) is 7.58. The number of nitrogens with one attached hydrogen (secondary N) is 1. The quantitative estimate of drug-likeness (QED) is 0.883. The molecule has 0 aliphatic rings. The number of anilines is 1.